The van der Waals surface area contributed by atoms with Crippen LogP contribution in [0.15, 0.2) is 59.5 Å². The first-order chi connectivity index (χ1) is 16.2. The fourth-order valence-corrected chi connectivity index (χ4v) is 5.57. The molecule has 2 amide bonds. The number of carbonyl (C=O) groups is 3. The SMILES string of the molecule is CCCC(=O)Nc1ccc(CC(NC(=O)C2CCCN2S(=O)(=O)c2ccccc2)C(=O)O)cc1. The fourth-order valence-electron chi connectivity index (χ4n) is 3.90. The molecule has 9 nitrogen and oxygen atoms in total. The molecule has 0 aliphatic carbocycles. The van der Waals surface area contributed by atoms with E-state index in [0.29, 0.717) is 30.5 Å². The summed E-state index contributed by atoms with van der Waals surface area (Å²) in [6, 6.07) is 12.4. The van der Waals surface area contributed by atoms with Gasteiger partial charge in [0.05, 0.1) is 4.90 Å². The van der Waals surface area contributed by atoms with Gasteiger partial charge in [-0.3, -0.25) is 9.59 Å². The number of nitrogens with zero attached hydrogens (tertiary/aromatic N) is 1. The first-order valence-electron chi connectivity index (χ1n) is 11.2. The monoisotopic (exact) mass is 487 g/mol. The van der Waals surface area contributed by atoms with Crippen molar-refractivity contribution >= 4 is 33.5 Å². The van der Waals surface area contributed by atoms with Gasteiger partial charge in [0.15, 0.2) is 0 Å². The molecular weight excluding hydrogens is 458 g/mol. The molecule has 2 aromatic rings. The van der Waals surface area contributed by atoms with Crippen molar-refractivity contribution in [3.63, 3.8) is 0 Å². The largest absolute Gasteiger partial charge is 0.480 e. The zero-order chi connectivity index (χ0) is 24.7. The third-order valence-electron chi connectivity index (χ3n) is 5.63. The van der Waals surface area contributed by atoms with Crippen molar-refractivity contribution in [2.45, 2.75) is 56.0 Å². The molecule has 1 aliphatic heterocycles. The molecule has 34 heavy (non-hydrogen) atoms. The van der Waals surface area contributed by atoms with E-state index in [1.165, 1.54) is 12.1 Å². The summed E-state index contributed by atoms with van der Waals surface area (Å²) in [4.78, 5) is 36.6. The summed E-state index contributed by atoms with van der Waals surface area (Å²) in [5, 5.41) is 14.9. The number of anilines is 1. The Labute approximate surface area is 199 Å². The number of hydrogen-bond donors (Lipinski definition) is 3. The molecule has 3 N–H and O–H groups in total. The zero-order valence-corrected chi connectivity index (χ0v) is 19.8. The highest BCUT2D eigenvalue weighted by Crippen LogP contribution is 2.26. The normalized spacial score (nSPS) is 17.1. The number of aliphatic carboxylic acids is 1. The second-order valence-electron chi connectivity index (χ2n) is 8.19. The molecule has 0 saturated carbocycles. The van der Waals surface area contributed by atoms with E-state index < -0.39 is 34.0 Å². The number of rotatable bonds is 10. The first-order valence-corrected chi connectivity index (χ1v) is 12.6. The lowest BCUT2D eigenvalue weighted by Crippen LogP contribution is -2.51. The van der Waals surface area contributed by atoms with E-state index in [1.807, 2.05) is 6.92 Å². The quantitative estimate of drug-likeness (QED) is 0.471. The van der Waals surface area contributed by atoms with E-state index in [9.17, 15) is 27.9 Å². The van der Waals surface area contributed by atoms with Crippen molar-refractivity contribution in [2.75, 3.05) is 11.9 Å². The highest BCUT2D eigenvalue weighted by atomic mass is 32.2. The van der Waals surface area contributed by atoms with Gasteiger partial charge in [0.2, 0.25) is 21.8 Å². The average molecular weight is 488 g/mol. The molecule has 2 aromatic carbocycles. The number of sulfonamides is 1. The van der Waals surface area contributed by atoms with Gasteiger partial charge in [-0.15, -0.1) is 0 Å². The minimum atomic E-state index is -3.88. The van der Waals surface area contributed by atoms with Gasteiger partial charge >= 0.3 is 5.97 Å². The van der Waals surface area contributed by atoms with Gasteiger partial charge < -0.3 is 15.7 Å². The van der Waals surface area contributed by atoms with Crippen molar-refractivity contribution in [3.05, 3.63) is 60.2 Å². The summed E-state index contributed by atoms with van der Waals surface area (Å²) in [6.07, 6.45) is 1.98. The molecule has 1 heterocycles. The number of carboxylic acids is 1. The van der Waals surface area contributed by atoms with Crippen LogP contribution in [0.2, 0.25) is 0 Å². The van der Waals surface area contributed by atoms with Crippen LogP contribution >= 0.6 is 0 Å². The summed E-state index contributed by atoms with van der Waals surface area (Å²) in [5.74, 6) is -1.95. The Bertz CT molecular complexity index is 1120. The Morgan fingerprint density at radius 2 is 1.76 bits per heavy atom. The maximum Gasteiger partial charge on any atom is 0.326 e. The van der Waals surface area contributed by atoms with Gasteiger partial charge in [0.1, 0.15) is 12.1 Å². The van der Waals surface area contributed by atoms with Crippen molar-refractivity contribution in [2.24, 2.45) is 0 Å². The van der Waals surface area contributed by atoms with Gasteiger partial charge in [-0.2, -0.15) is 4.31 Å². The Balaban J connectivity index is 1.68. The molecule has 0 bridgehead atoms. The summed E-state index contributed by atoms with van der Waals surface area (Å²) >= 11 is 0. The smallest absolute Gasteiger partial charge is 0.326 e. The predicted molar refractivity (Wildman–Crippen MR) is 127 cm³/mol. The molecule has 1 aliphatic rings. The third-order valence-corrected chi connectivity index (χ3v) is 7.55. The van der Waals surface area contributed by atoms with Gasteiger partial charge in [0, 0.05) is 25.1 Å². The number of hydrogen-bond acceptors (Lipinski definition) is 5. The fraction of sp³-hybridized carbons (Fsp3) is 0.375. The number of amides is 2. The van der Waals surface area contributed by atoms with E-state index in [2.05, 4.69) is 10.6 Å². The molecular formula is C24H29N3O6S. The van der Waals surface area contributed by atoms with Crippen molar-refractivity contribution < 1.29 is 27.9 Å². The van der Waals surface area contributed by atoms with Crippen molar-refractivity contribution in [1.29, 1.82) is 0 Å². The van der Waals surface area contributed by atoms with Gasteiger partial charge in [-0.05, 0) is 49.1 Å². The number of carboxylic acid groups (broad SMARTS) is 1. The van der Waals surface area contributed by atoms with Crippen molar-refractivity contribution in [1.82, 2.24) is 9.62 Å². The second kappa shape index (κ2) is 11.3. The molecule has 1 saturated heterocycles. The maximum absolute atomic E-state index is 13.0. The lowest BCUT2D eigenvalue weighted by Gasteiger charge is -2.25. The standard InChI is InChI=1S/C24H29N3O6S/c1-2-7-22(28)25-18-13-11-17(12-14-18)16-20(24(30)31)26-23(29)21-10-6-15-27(21)34(32,33)19-8-4-3-5-9-19/h3-5,8-9,11-14,20-21H,2,6-7,10,15-16H2,1H3,(H,25,28)(H,26,29)(H,30,31). The van der Waals surface area contributed by atoms with Gasteiger partial charge in [-0.1, -0.05) is 37.3 Å². The number of carbonyl (C=O) groups excluding carboxylic acids is 2. The molecule has 0 aromatic heterocycles. The van der Waals surface area contributed by atoms with Crippen LogP contribution in [-0.4, -0.2) is 54.2 Å². The van der Waals surface area contributed by atoms with Crippen LogP contribution in [0.3, 0.4) is 0 Å². The van der Waals surface area contributed by atoms with E-state index in [0.717, 1.165) is 10.7 Å². The third kappa shape index (κ3) is 6.21. The van der Waals surface area contributed by atoms with Gasteiger partial charge in [-0.25, -0.2) is 13.2 Å². The summed E-state index contributed by atoms with van der Waals surface area (Å²) in [7, 11) is -3.88. The number of nitrogens with one attached hydrogen (secondary N) is 2. The van der Waals surface area contributed by atoms with Gasteiger partial charge in [0.25, 0.3) is 0 Å². The van der Waals surface area contributed by atoms with E-state index in [4.69, 9.17) is 0 Å². The average Bonchev–Trinajstić information content (AvgIpc) is 3.32. The Hall–Kier alpha value is -3.24. The predicted octanol–water partition coefficient (Wildman–Crippen LogP) is 2.39. The van der Waals surface area contributed by atoms with Crippen LogP contribution in [0, 0.1) is 0 Å². The Morgan fingerprint density at radius 1 is 1.09 bits per heavy atom. The Morgan fingerprint density at radius 3 is 2.38 bits per heavy atom. The molecule has 182 valence electrons. The highest BCUT2D eigenvalue weighted by Gasteiger charge is 2.40. The Kier molecular flexibility index (Phi) is 8.41. The molecule has 0 radical (unpaired) electrons. The lowest BCUT2D eigenvalue weighted by atomic mass is 10.0. The lowest BCUT2D eigenvalue weighted by molar-refractivity contribution is -0.142. The second-order valence-corrected chi connectivity index (χ2v) is 10.1. The molecule has 1 fully saturated rings. The van der Waals surface area contributed by atoms with E-state index in [1.54, 1.807) is 42.5 Å². The maximum atomic E-state index is 13.0. The van der Waals surface area contributed by atoms with Crippen LogP contribution in [0.5, 0.6) is 0 Å². The zero-order valence-electron chi connectivity index (χ0n) is 18.9. The first kappa shape index (κ1) is 25.4. The highest BCUT2D eigenvalue weighted by molar-refractivity contribution is 7.89. The molecule has 10 heteroatoms. The van der Waals surface area contributed by atoms with Crippen LogP contribution in [0.4, 0.5) is 5.69 Å². The minimum absolute atomic E-state index is 0.0163. The number of benzene rings is 2. The molecule has 2 unspecified atom stereocenters. The molecule has 3 rings (SSSR count). The van der Waals surface area contributed by atoms with Crippen molar-refractivity contribution in [3.8, 4) is 0 Å². The van der Waals surface area contributed by atoms with E-state index in [-0.39, 0.29) is 23.8 Å². The summed E-state index contributed by atoms with van der Waals surface area (Å²) < 4.78 is 27.2. The molecule has 2 atom stereocenters. The van der Waals surface area contributed by atoms with Crippen LogP contribution in [-0.2, 0) is 30.8 Å². The van der Waals surface area contributed by atoms with Crippen LogP contribution in [0.25, 0.3) is 0 Å². The summed E-state index contributed by atoms with van der Waals surface area (Å²) in [6.45, 7) is 2.10. The van der Waals surface area contributed by atoms with Crippen LogP contribution < -0.4 is 10.6 Å². The van der Waals surface area contributed by atoms with E-state index >= 15 is 0 Å². The molecule has 0 spiro atoms. The summed E-state index contributed by atoms with van der Waals surface area (Å²) in [5.41, 5.74) is 1.26. The topological polar surface area (TPSA) is 133 Å². The van der Waals surface area contributed by atoms with Crippen LogP contribution in [0.1, 0.15) is 38.2 Å². The minimum Gasteiger partial charge on any atom is -0.480 e.